The number of benzene rings is 1. The zero-order chi connectivity index (χ0) is 29.6. The number of aromatic amines is 1. The Morgan fingerprint density at radius 1 is 1.22 bits per heavy atom. The highest BCUT2D eigenvalue weighted by atomic mass is 31.2. The van der Waals surface area contributed by atoms with E-state index in [0.29, 0.717) is 6.20 Å². The molecule has 0 aliphatic carbocycles. The first-order valence-electron chi connectivity index (χ1n) is 12.3. The first-order valence-corrected chi connectivity index (χ1v) is 13.7. The summed E-state index contributed by atoms with van der Waals surface area (Å²) in [4.78, 5) is 62.5. The van der Waals surface area contributed by atoms with E-state index < -0.39 is 61.9 Å². The summed E-state index contributed by atoms with van der Waals surface area (Å²) in [5.41, 5.74) is -2.03. The van der Waals surface area contributed by atoms with Gasteiger partial charge in [-0.15, -0.1) is 0 Å². The number of carbonyl (C=O) groups excluding carboxylic acids is 2. The number of rotatable bonds is 11. The number of esters is 2. The number of halogens is 1. The van der Waals surface area contributed by atoms with Gasteiger partial charge < -0.3 is 28.2 Å². The Morgan fingerprint density at radius 3 is 2.71 bits per heavy atom. The van der Waals surface area contributed by atoms with Crippen molar-refractivity contribution >= 4 is 19.8 Å². The van der Waals surface area contributed by atoms with E-state index in [1.165, 1.54) is 41.2 Å². The number of phosphoric acid groups is 1. The van der Waals surface area contributed by atoms with Crippen LogP contribution in [0.3, 0.4) is 0 Å². The Labute approximate surface area is 231 Å². The van der Waals surface area contributed by atoms with E-state index in [1.807, 2.05) is 0 Å². The van der Waals surface area contributed by atoms with Gasteiger partial charge in [-0.25, -0.2) is 14.4 Å². The number of ether oxygens (including phenoxy) is 3. The molecular formula is C25H25FN3O11P. The molecule has 1 N–H and O–H groups in total. The quantitative estimate of drug-likeness (QED) is 0.187. The second-order valence-corrected chi connectivity index (χ2v) is 10.0. The van der Waals surface area contributed by atoms with Crippen molar-refractivity contribution in [2.24, 2.45) is 0 Å². The average Bonchev–Trinajstić information content (AvgIpc) is 3.32. The Kier molecular flexibility index (Phi) is 9.45. The van der Waals surface area contributed by atoms with Gasteiger partial charge in [0.1, 0.15) is 18.4 Å². The Balaban J connectivity index is 1.48. The van der Waals surface area contributed by atoms with E-state index in [1.54, 1.807) is 30.1 Å². The summed E-state index contributed by atoms with van der Waals surface area (Å²) in [6.07, 6.45) is -0.446. The van der Waals surface area contributed by atoms with E-state index >= 15 is 0 Å². The first kappa shape index (κ1) is 29.8. The molecule has 1 unspecified atom stereocenters. The molecule has 0 spiro atoms. The van der Waals surface area contributed by atoms with Crippen LogP contribution in [0.2, 0.25) is 0 Å². The lowest BCUT2D eigenvalue weighted by atomic mass is 10.1. The topological polar surface area (TPSA) is 179 Å². The number of nitrogens with one attached hydrogen (secondary N) is 1. The van der Waals surface area contributed by atoms with Crippen LogP contribution in [0.4, 0.5) is 4.39 Å². The number of nitrogens with zero attached hydrogens (tertiary/aromatic N) is 2. The molecule has 3 heterocycles. The molecular weight excluding hydrogens is 568 g/mol. The zero-order valence-electron chi connectivity index (χ0n) is 21.5. The maximum absolute atomic E-state index is 13.9. The van der Waals surface area contributed by atoms with Gasteiger partial charge in [-0.3, -0.25) is 18.9 Å². The molecule has 1 aliphatic rings. The fraction of sp³-hybridized carbons (Fsp3) is 0.320. The summed E-state index contributed by atoms with van der Waals surface area (Å²) in [7, 11) is -5.04. The SMILES string of the molecule is CCOC(=O)C[n+]1cccc(OP(=O)([O-])OC[C@H]2O[C@@H](n3cc(F)c(=O)[nH]c3=O)C[C@@H]2OC(=O)c2ccccc2)c1. The van der Waals surface area contributed by atoms with Gasteiger partial charge in [-0.1, -0.05) is 18.2 Å². The number of hydrogen-bond donors (Lipinski definition) is 1. The predicted molar refractivity (Wildman–Crippen MR) is 133 cm³/mol. The van der Waals surface area contributed by atoms with Crippen molar-refractivity contribution in [3.8, 4) is 5.75 Å². The molecule has 0 radical (unpaired) electrons. The maximum atomic E-state index is 13.9. The Bertz CT molecular complexity index is 1560. The van der Waals surface area contributed by atoms with Crippen molar-refractivity contribution in [1.29, 1.82) is 0 Å². The van der Waals surface area contributed by atoms with Crippen LogP contribution in [-0.2, 0) is 34.6 Å². The molecule has 3 aromatic rings. The third kappa shape index (κ3) is 7.95. The standard InChI is InChI=1S/C25H25FN3O11P/c1-2-36-22(30)14-28-10-6-9-17(12-28)40-41(34,35)37-15-20-19(39-24(32)16-7-4-3-5-8-16)11-21(38-20)29-13-18(26)23(31)27-25(29)33/h3-10,12-13,19-21H,2,11,14-15H2,1H3,(H-,27,31,33,34,35)/t19-,20+,21+/m0/s1. The molecule has 1 aromatic carbocycles. The molecule has 218 valence electrons. The van der Waals surface area contributed by atoms with Crippen LogP contribution in [0.15, 0.2) is 70.6 Å². The van der Waals surface area contributed by atoms with Crippen molar-refractivity contribution in [3.63, 3.8) is 0 Å². The highest BCUT2D eigenvalue weighted by molar-refractivity contribution is 7.46. The molecule has 0 saturated carbocycles. The van der Waals surface area contributed by atoms with Crippen molar-refractivity contribution in [1.82, 2.24) is 9.55 Å². The minimum atomic E-state index is -5.04. The second kappa shape index (κ2) is 13.0. The number of phosphoric ester groups is 1. The number of aromatic nitrogens is 3. The van der Waals surface area contributed by atoms with Crippen molar-refractivity contribution in [2.75, 3.05) is 13.2 Å². The van der Waals surface area contributed by atoms with E-state index in [0.717, 1.165) is 4.57 Å². The molecule has 41 heavy (non-hydrogen) atoms. The number of pyridine rings is 1. The summed E-state index contributed by atoms with van der Waals surface area (Å²) >= 11 is 0. The van der Waals surface area contributed by atoms with Crippen molar-refractivity contribution in [3.05, 3.63) is 93.3 Å². The third-order valence-electron chi connectivity index (χ3n) is 5.75. The van der Waals surface area contributed by atoms with Crippen LogP contribution < -0.4 is 25.2 Å². The monoisotopic (exact) mass is 593 g/mol. The molecule has 0 bridgehead atoms. The normalized spacial score (nSPS) is 19.7. The third-order valence-corrected chi connectivity index (χ3v) is 6.64. The van der Waals surface area contributed by atoms with Gasteiger partial charge in [0.25, 0.3) is 5.56 Å². The maximum Gasteiger partial charge on any atom is 0.372 e. The lowest BCUT2D eigenvalue weighted by Crippen LogP contribution is -2.38. The first-order chi connectivity index (χ1) is 19.5. The van der Waals surface area contributed by atoms with E-state index in [9.17, 15) is 33.0 Å². The van der Waals surface area contributed by atoms with E-state index in [4.69, 9.17) is 23.3 Å². The number of H-pyrrole nitrogens is 1. The van der Waals surface area contributed by atoms with Gasteiger partial charge in [0.05, 0.1) is 25.0 Å². The lowest BCUT2D eigenvalue weighted by molar-refractivity contribution is -0.686. The number of hydrogen-bond acceptors (Lipinski definition) is 11. The molecule has 0 amide bonds. The summed E-state index contributed by atoms with van der Waals surface area (Å²) in [5.74, 6) is -2.72. The number of carbonyl (C=O) groups is 2. The molecule has 4 rings (SSSR count). The summed E-state index contributed by atoms with van der Waals surface area (Å²) in [5, 5.41) is 0. The van der Waals surface area contributed by atoms with Gasteiger partial charge in [-0.05, 0) is 25.1 Å². The Morgan fingerprint density at radius 2 is 1.98 bits per heavy atom. The largest absolute Gasteiger partial charge is 0.746 e. The molecule has 16 heteroatoms. The zero-order valence-corrected chi connectivity index (χ0v) is 22.4. The van der Waals surface area contributed by atoms with Crippen LogP contribution in [0.25, 0.3) is 0 Å². The molecule has 14 nitrogen and oxygen atoms in total. The van der Waals surface area contributed by atoms with Gasteiger partial charge in [0.15, 0.2) is 11.9 Å². The van der Waals surface area contributed by atoms with Crippen molar-refractivity contribution < 1.29 is 51.3 Å². The van der Waals surface area contributed by atoms with Gasteiger partial charge in [0, 0.05) is 12.5 Å². The van der Waals surface area contributed by atoms with Crippen LogP contribution in [0, 0.1) is 5.82 Å². The van der Waals surface area contributed by atoms with Crippen LogP contribution in [0.5, 0.6) is 5.75 Å². The average molecular weight is 593 g/mol. The van der Waals surface area contributed by atoms with Gasteiger partial charge in [-0.2, -0.15) is 8.96 Å². The Hall–Kier alpha value is -4.17. The van der Waals surface area contributed by atoms with Crippen LogP contribution in [0.1, 0.15) is 29.9 Å². The fourth-order valence-corrected chi connectivity index (χ4v) is 4.67. The molecule has 1 aliphatic heterocycles. The molecule has 1 saturated heterocycles. The minimum absolute atomic E-state index is 0.164. The highest BCUT2D eigenvalue weighted by Gasteiger charge is 2.40. The predicted octanol–water partition coefficient (Wildman–Crippen LogP) is 0.603. The highest BCUT2D eigenvalue weighted by Crippen LogP contribution is 2.41. The molecule has 2 aromatic heterocycles. The van der Waals surface area contributed by atoms with Crippen molar-refractivity contribution in [2.45, 2.75) is 38.3 Å². The van der Waals surface area contributed by atoms with Gasteiger partial charge in [0.2, 0.25) is 18.6 Å². The lowest BCUT2D eigenvalue weighted by Gasteiger charge is -2.25. The summed E-state index contributed by atoms with van der Waals surface area (Å²) in [6, 6.07) is 10.7. The smallest absolute Gasteiger partial charge is 0.372 e. The molecule has 4 atom stereocenters. The van der Waals surface area contributed by atoms with E-state index in [2.05, 4.69) is 0 Å². The summed E-state index contributed by atoms with van der Waals surface area (Å²) in [6.45, 7) is 0.927. The molecule has 1 fully saturated rings. The fourth-order valence-electron chi connectivity index (χ4n) is 3.93. The summed E-state index contributed by atoms with van der Waals surface area (Å²) < 4.78 is 54.6. The van der Waals surface area contributed by atoms with Crippen LogP contribution >= 0.6 is 7.82 Å². The van der Waals surface area contributed by atoms with E-state index in [-0.39, 0.29) is 30.9 Å². The minimum Gasteiger partial charge on any atom is -0.746 e. The van der Waals surface area contributed by atoms with Gasteiger partial charge >= 0.3 is 25.5 Å². The second-order valence-electron chi connectivity index (χ2n) is 8.67. The van der Waals surface area contributed by atoms with Crippen LogP contribution in [-0.4, -0.2) is 46.9 Å².